The molecule has 1 aliphatic rings. The molecule has 0 bridgehead atoms. The maximum Gasteiger partial charge on any atom is 0.308 e. The molecule has 0 radical (unpaired) electrons. The van der Waals surface area contributed by atoms with Crippen LogP contribution in [0.15, 0.2) is 4.79 Å². The van der Waals surface area contributed by atoms with Gasteiger partial charge in [-0.15, -0.1) is 11.3 Å². The third kappa shape index (κ3) is 4.37. The average molecular weight is 391 g/mol. The van der Waals surface area contributed by atoms with Gasteiger partial charge in [-0.25, -0.2) is 4.98 Å². The van der Waals surface area contributed by atoms with E-state index in [-0.39, 0.29) is 23.9 Å². The van der Waals surface area contributed by atoms with Crippen LogP contribution in [0.5, 0.6) is 0 Å². The van der Waals surface area contributed by atoms with Gasteiger partial charge in [0, 0.05) is 23.8 Å². The van der Waals surface area contributed by atoms with E-state index in [0.29, 0.717) is 35.3 Å². The standard InChI is InChI=1S/C19H25N3O4S/c1-10-11(2)27-18-16(10)17(24)21-14(22-18)8-9-15(23)20-13-7-5-3-4-6-12(13)19(25)26/h12-13H,3-9H2,1-2H3,(H,20,23)(H,25,26)(H,21,22,24)/t12-,13+/m1/s1. The predicted octanol–water partition coefficient (Wildman–Crippen LogP) is 2.68. The van der Waals surface area contributed by atoms with Crippen molar-refractivity contribution < 1.29 is 14.7 Å². The van der Waals surface area contributed by atoms with Gasteiger partial charge in [-0.2, -0.15) is 0 Å². The van der Waals surface area contributed by atoms with Crippen molar-refractivity contribution in [3.05, 3.63) is 26.6 Å². The first-order valence-electron chi connectivity index (χ1n) is 9.38. The molecule has 0 aromatic carbocycles. The number of hydrogen-bond acceptors (Lipinski definition) is 5. The van der Waals surface area contributed by atoms with E-state index in [4.69, 9.17) is 0 Å². The van der Waals surface area contributed by atoms with Gasteiger partial charge in [-0.3, -0.25) is 14.4 Å². The van der Waals surface area contributed by atoms with Gasteiger partial charge in [0.05, 0.1) is 11.3 Å². The first-order valence-corrected chi connectivity index (χ1v) is 10.2. The molecule has 0 spiro atoms. The maximum atomic E-state index is 12.4. The van der Waals surface area contributed by atoms with Gasteiger partial charge in [-0.1, -0.05) is 19.3 Å². The van der Waals surface area contributed by atoms with Crippen LogP contribution < -0.4 is 10.9 Å². The van der Waals surface area contributed by atoms with Crippen molar-refractivity contribution >= 4 is 33.4 Å². The Balaban J connectivity index is 1.65. The fourth-order valence-electron chi connectivity index (χ4n) is 3.70. The molecule has 146 valence electrons. The largest absolute Gasteiger partial charge is 0.481 e. The second-order valence-electron chi connectivity index (χ2n) is 7.23. The van der Waals surface area contributed by atoms with Crippen LogP contribution in [0.1, 0.15) is 54.8 Å². The van der Waals surface area contributed by atoms with Gasteiger partial charge < -0.3 is 15.4 Å². The third-order valence-corrected chi connectivity index (χ3v) is 6.46. The first kappa shape index (κ1) is 19.5. The van der Waals surface area contributed by atoms with Crippen molar-refractivity contribution in [2.75, 3.05) is 0 Å². The molecule has 27 heavy (non-hydrogen) atoms. The Morgan fingerprint density at radius 3 is 2.74 bits per heavy atom. The summed E-state index contributed by atoms with van der Waals surface area (Å²) in [5.74, 6) is -1.08. The third-order valence-electron chi connectivity index (χ3n) is 5.36. The summed E-state index contributed by atoms with van der Waals surface area (Å²) in [6, 6.07) is -0.324. The van der Waals surface area contributed by atoms with Crippen molar-refractivity contribution in [1.82, 2.24) is 15.3 Å². The molecular formula is C19H25N3O4S. The number of aromatic nitrogens is 2. The van der Waals surface area contributed by atoms with Crippen LogP contribution in [0.25, 0.3) is 10.2 Å². The number of carbonyl (C=O) groups excluding carboxylic acids is 1. The number of thiophene rings is 1. The second kappa shape index (κ2) is 8.21. The van der Waals surface area contributed by atoms with E-state index in [0.717, 1.165) is 29.7 Å². The smallest absolute Gasteiger partial charge is 0.308 e. The Kier molecular flexibility index (Phi) is 5.94. The normalized spacial score (nSPS) is 20.4. The van der Waals surface area contributed by atoms with Crippen molar-refractivity contribution in [1.29, 1.82) is 0 Å². The lowest BCUT2D eigenvalue weighted by Gasteiger charge is -2.22. The molecule has 0 saturated heterocycles. The van der Waals surface area contributed by atoms with Gasteiger partial charge >= 0.3 is 5.97 Å². The molecule has 1 aliphatic carbocycles. The summed E-state index contributed by atoms with van der Waals surface area (Å²) in [5.41, 5.74) is 0.771. The lowest BCUT2D eigenvalue weighted by atomic mass is 9.94. The average Bonchev–Trinajstić information content (AvgIpc) is 2.77. The molecule has 1 fully saturated rings. The number of carbonyl (C=O) groups is 2. The van der Waals surface area contributed by atoms with E-state index in [1.165, 1.54) is 11.3 Å². The van der Waals surface area contributed by atoms with E-state index < -0.39 is 11.9 Å². The zero-order valence-electron chi connectivity index (χ0n) is 15.6. The minimum absolute atomic E-state index is 0.167. The quantitative estimate of drug-likeness (QED) is 0.679. The molecular weight excluding hydrogens is 366 g/mol. The van der Waals surface area contributed by atoms with Crippen LogP contribution in [0, 0.1) is 19.8 Å². The van der Waals surface area contributed by atoms with Gasteiger partial charge in [-0.05, 0) is 32.3 Å². The van der Waals surface area contributed by atoms with Crippen molar-refractivity contribution in [2.24, 2.45) is 5.92 Å². The molecule has 3 rings (SSSR count). The van der Waals surface area contributed by atoms with Gasteiger partial charge in [0.1, 0.15) is 10.7 Å². The number of amides is 1. The van der Waals surface area contributed by atoms with Crippen LogP contribution >= 0.6 is 11.3 Å². The van der Waals surface area contributed by atoms with Crippen LogP contribution in [-0.4, -0.2) is 33.0 Å². The highest BCUT2D eigenvalue weighted by molar-refractivity contribution is 7.18. The fourth-order valence-corrected chi connectivity index (χ4v) is 4.75. The number of aromatic amines is 1. The minimum Gasteiger partial charge on any atom is -0.481 e. The zero-order valence-corrected chi connectivity index (χ0v) is 16.4. The number of carboxylic acids is 1. The van der Waals surface area contributed by atoms with Crippen LogP contribution in [0.2, 0.25) is 0 Å². The molecule has 7 nitrogen and oxygen atoms in total. The summed E-state index contributed by atoms with van der Waals surface area (Å²) in [7, 11) is 0. The predicted molar refractivity (Wildman–Crippen MR) is 104 cm³/mol. The van der Waals surface area contributed by atoms with E-state index >= 15 is 0 Å². The number of H-pyrrole nitrogens is 1. The van der Waals surface area contributed by atoms with E-state index in [1.807, 2.05) is 13.8 Å². The number of hydrogen-bond donors (Lipinski definition) is 3. The van der Waals surface area contributed by atoms with E-state index in [9.17, 15) is 19.5 Å². The van der Waals surface area contributed by atoms with Gasteiger partial charge in [0.25, 0.3) is 5.56 Å². The summed E-state index contributed by atoms with van der Waals surface area (Å²) in [6.07, 6.45) is 4.59. The Morgan fingerprint density at radius 2 is 2.00 bits per heavy atom. The molecule has 1 amide bonds. The lowest BCUT2D eigenvalue weighted by molar-refractivity contribution is -0.143. The molecule has 0 aliphatic heterocycles. The van der Waals surface area contributed by atoms with Crippen molar-refractivity contribution in [2.45, 2.75) is 64.8 Å². The molecule has 1 saturated carbocycles. The maximum absolute atomic E-state index is 12.4. The summed E-state index contributed by atoms with van der Waals surface area (Å²) < 4.78 is 0. The van der Waals surface area contributed by atoms with Crippen LogP contribution in [0.4, 0.5) is 0 Å². The number of nitrogens with one attached hydrogen (secondary N) is 2. The Bertz CT molecular complexity index is 918. The summed E-state index contributed by atoms with van der Waals surface area (Å²) >= 11 is 1.48. The topological polar surface area (TPSA) is 112 Å². The van der Waals surface area contributed by atoms with Gasteiger partial charge in [0.2, 0.25) is 5.91 Å². The Labute approximate surface area is 161 Å². The van der Waals surface area contributed by atoms with Crippen LogP contribution in [-0.2, 0) is 16.0 Å². The van der Waals surface area contributed by atoms with Gasteiger partial charge in [0.15, 0.2) is 0 Å². The molecule has 0 unspecified atom stereocenters. The number of nitrogens with zero attached hydrogens (tertiary/aromatic N) is 1. The molecule has 2 aromatic rings. The highest BCUT2D eigenvalue weighted by Crippen LogP contribution is 2.26. The minimum atomic E-state index is -0.845. The Morgan fingerprint density at radius 1 is 1.26 bits per heavy atom. The molecule has 2 atom stereocenters. The lowest BCUT2D eigenvalue weighted by Crippen LogP contribution is -2.43. The van der Waals surface area contributed by atoms with Crippen LogP contribution in [0.3, 0.4) is 0 Å². The van der Waals surface area contributed by atoms with Crippen molar-refractivity contribution in [3.63, 3.8) is 0 Å². The number of aliphatic carboxylic acids is 1. The van der Waals surface area contributed by atoms with E-state index in [1.54, 1.807) is 0 Å². The monoisotopic (exact) mass is 391 g/mol. The Hall–Kier alpha value is -2.22. The fraction of sp³-hybridized carbons (Fsp3) is 0.579. The summed E-state index contributed by atoms with van der Waals surface area (Å²) in [5, 5.41) is 12.9. The second-order valence-corrected chi connectivity index (χ2v) is 8.44. The molecule has 8 heteroatoms. The zero-order chi connectivity index (χ0) is 19.6. The summed E-state index contributed by atoms with van der Waals surface area (Å²) in [4.78, 5) is 45.1. The highest BCUT2D eigenvalue weighted by Gasteiger charge is 2.30. The van der Waals surface area contributed by atoms with Crippen molar-refractivity contribution in [3.8, 4) is 0 Å². The molecule has 2 aromatic heterocycles. The SMILES string of the molecule is Cc1sc2nc(CCC(=O)N[C@H]3CCCCC[C@H]3C(=O)O)[nH]c(=O)c2c1C. The molecule has 3 N–H and O–H groups in total. The first-order chi connectivity index (χ1) is 12.9. The molecule has 2 heterocycles. The number of rotatable bonds is 5. The summed E-state index contributed by atoms with van der Waals surface area (Å²) in [6.45, 7) is 3.86. The highest BCUT2D eigenvalue weighted by atomic mass is 32.1. The number of aryl methyl sites for hydroxylation is 3. The van der Waals surface area contributed by atoms with E-state index in [2.05, 4.69) is 15.3 Å². The number of fused-ring (bicyclic) bond motifs is 1. The number of carboxylic acid groups (broad SMARTS) is 1.